The summed E-state index contributed by atoms with van der Waals surface area (Å²) in [6.45, 7) is 1.92. The Labute approximate surface area is 244 Å². The number of amides is 2. The van der Waals surface area contributed by atoms with E-state index >= 15 is 0 Å². The van der Waals surface area contributed by atoms with E-state index in [4.69, 9.17) is 19.8 Å². The molecule has 0 fully saturated rings. The number of nitrogen functional groups attached to an aromatic ring is 1. The van der Waals surface area contributed by atoms with Gasteiger partial charge in [0.2, 0.25) is 0 Å². The number of phosphoric ester groups is 2. The summed E-state index contributed by atoms with van der Waals surface area (Å²) in [6.07, 6.45) is 4.48. The van der Waals surface area contributed by atoms with Gasteiger partial charge in [-0.1, -0.05) is 25.5 Å². The molecule has 0 aliphatic carbocycles. The lowest BCUT2D eigenvalue weighted by Crippen LogP contribution is -2.29. The molecule has 0 radical (unpaired) electrons. The van der Waals surface area contributed by atoms with Gasteiger partial charge in [-0.25, -0.2) is 19.1 Å². The number of imidazole rings is 1. The molecule has 0 bridgehead atoms. The molecular formula is C26H27N5O10P2. The molecule has 226 valence electrons. The number of carbonyl (C=O) groups excluding carboxylic acids is 2. The van der Waals surface area contributed by atoms with Crippen LogP contribution in [0.5, 0.6) is 11.5 Å². The molecule has 6 N–H and O–H groups in total. The lowest BCUT2D eigenvalue weighted by Gasteiger charge is -2.17. The zero-order valence-corrected chi connectivity index (χ0v) is 24.4. The molecule has 0 unspecified atom stereocenters. The summed E-state index contributed by atoms with van der Waals surface area (Å²) in [5.41, 5.74) is 8.46. The average molecular weight is 631 g/mol. The quantitative estimate of drug-likeness (QED) is 0.119. The van der Waals surface area contributed by atoms with E-state index < -0.39 is 27.5 Å². The van der Waals surface area contributed by atoms with Crippen molar-refractivity contribution in [3.8, 4) is 11.5 Å². The molecule has 0 saturated carbocycles. The summed E-state index contributed by atoms with van der Waals surface area (Å²) in [4.78, 5) is 72.0. The van der Waals surface area contributed by atoms with Gasteiger partial charge in [0.05, 0.1) is 24.1 Å². The third-order valence-corrected chi connectivity index (χ3v) is 7.53. The van der Waals surface area contributed by atoms with E-state index in [2.05, 4.69) is 4.98 Å². The van der Waals surface area contributed by atoms with E-state index in [0.717, 1.165) is 29.9 Å². The van der Waals surface area contributed by atoms with Crippen molar-refractivity contribution in [2.45, 2.75) is 39.3 Å². The summed E-state index contributed by atoms with van der Waals surface area (Å²) in [5.74, 6) is -0.662. The Morgan fingerprint density at radius 1 is 0.907 bits per heavy atom. The Morgan fingerprint density at radius 2 is 1.60 bits per heavy atom. The molecule has 1 aliphatic rings. The molecule has 3 heterocycles. The summed E-state index contributed by atoms with van der Waals surface area (Å²) >= 11 is 0. The van der Waals surface area contributed by atoms with E-state index in [0.29, 0.717) is 39.7 Å². The standard InChI is InChI=1S/C26H27N5O10P2/c1-2-3-4-21-29-24-25(18-7-5-15(11-19(18)28-26(24)27)13-31-22(32)9-10-23(31)33)30(21)14-16-12-17(40-42(34,35)36)6-8-20(16)41-43(37,38)39/h5-12H,2-4,13-14H2,1H3,(H2,27,28)(H2,34,35,36)(H2,37,38,39). The van der Waals surface area contributed by atoms with Gasteiger partial charge in [0, 0.05) is 29.5 Å². The van der Waals surface area contributed by atoms with Crippen molar-refractivity contribution in [2.75, 3.05) is 5.73 Å². The smallest absolute Gasteiger partial charge is 0.404 e. The summed E-state index contributed by atoms with van der Waals surface area (Å²) in [7, 11) is -9.97. The Hall–Kier alpha value is -4.10. The lowest BCUT2D eigenvalue weighted by molar-refractivity contribution is -0.137. The van der Waals surface area contributed by atoms with Crippen molar-refractivity contribution in [2.24, 2.45) is 0 Å². The second kappa shape index (κ2) is 11.5. The predicted octanol–water partition coefficient (Wildman–Crippen LogP) is 2.93. The van der Waals surface area contributed by atoms with Crippen LogP contribution in [0.1, 0.15) is 36.7 Å². The van der Waals surface area contributed by atoms with Gasteiger partial charge in [-0.3, -0.25) is 34.1 Å². The van der Waals surface area contributed by atoms with Crippen LogP contribution in [0.3, 0.4) is 0 Å². The number of aryl methyl sites for hydroxylation is 1. The summed E-state index contributed by atoms with van der Waals surface area (Å²) in [5, 5.41) is 0.612. The number of unbranched alkanes of at least 4 members (excludes halogenated alkanes) is 1. The van der Waals surface area contributed by atoms with Crippen LogP contribution in [0.4, 0.5) is 5.82 Å². The first-order valence-corrected chi connectivity index (χ1v) is 16.0. The summed E-state index contributed by atoms with van der Waals surface area (Å²) < 4.78 is 34.6. The molecule has 43 heavy (non-hydrogen) atoms. The molecule has 5 rings (SSSR count). The minimum atomic E-state index is -5.02. The van der Waals surface area contributed by atoms with Gasteiger partial charge >= 0.3 is 15.6 Å². The van der Waals surface area contributed by atoms with Gasteiger partial charge in [-0.05, 0) is 36.2 Å². The third kappa shape index (κ3) is 6.78. The van der Waals surface area contributed by atoms with Crippen LogP contribution in [-0.4, -0.2) is 50.8 Å². The molecule has 15 nitrogen and oxygen atoms in total. The first kappa shape index (κ1) is 30.4. The van der Waals surface area contributed by atoms with Gasteiger partial charge < -0.3 is 19.3 Å². The maximum absolute atomic E-state index is 12.1. The molecule has 4 aromatic rings. The van der Waals surface area contributed by atoms with Crippen molar-refractivity contribution < 1.29 is 47.3 Å². The van der Waals surface area contributed by atoms with Crippen molar-refractivity contribution in [3.63, 3.8) is 0 Å². The van der Waals surface area contributed by atoms with E-state index in [1.165, 1.54) is 18.2 Å². The third-order valence-electron chi connectivity index (χ3n) is 6.64. The van der Waals surface area contributed by atoms with Crippen molar-refractivity contribution >= 4 is 55.2 Å². The predicted molar refractivity (Wildman–Crippen MR) is 154 cm³/mol. The van der Waals surface area contributed by atoms with Crippen LogP contribution in [-0.2, 0) is 38.2 Å². The van der Waals surface area contributed by atoms with Crippen molar-refractivity contribution in [1.29, 1.82) is 0 Å². The van der Waals surface area contributed by atoms with Crippen LogP contribution in [0.15, 0.2) is 48.6 Å². The molecule has 17 heteroatoms. The fraction of sp³-hybridized carbons (Fsp3) is 0.231. The molecule has 2 amide bonds. The zero-order valence-electron chi connectivity index (χ0n) is 22.7. The molecule has 2 aromatic heterocycles. The monoisotopic (exact) mass is 631 g/mol. The number of phosphoric acid groups is 2. The Bertz CT molecular complexity index is 1880. The van der Waals surface area contributed by atoms with Crippen molar-refractivity contribution in [3.05, 3.63) is 65.5 Å². The number of nitrogens with two attached hydrogens (primary N) is 1. The second-order valence-electron chi connectivity index (χ2n) is 9.79. The molecule has 1 aliphatic heterocycles. The number of carbonyl (C=O) groups is 2. The number of hydrogen-bond donors (Lipinski definition) is 5. The maximum Gasteiger partial charge on any atom is 0.524 e. The fourth-order valence-corrected chi connectivity index (χ4v) is 5.65. The first-order valence-electron chi connectivity index (χ1n) is 13.0. The Balaban J connectivity index is 1.66. The van der Waals surface area contributed by atoms with Gasteiger partial charge in [-0.15, -0.1) is 0 Å². The van der Waals surface area contributed by atoms with E-state index in [9.17, 15) is 38.3 Å². The maximum atomic E-state index is 12.1. The van der Waals surface area contributed by atoms with E-state index in [1.54, 1.807) is 22.8 Å². The minimum Gasteiger partial charge on any atom is -0.404 e. The lowest BCUT2D eigenvalue weighted by atomic mass is 10.1. The molecular weight excluding hydrogens is 604 g/mol. The number of rotatable bonds is 11. The topological polar surface area (TPSA) is 228 Å². The second-order valence-corrected chi connectivity index (χ2v) is 12.1. The number of hydrogen-bond acceptors (Lipinski definition) is 9. The number of imide groups is 1. The SMILES string of the molecule is CCCCc1nc2c(N)nc3cc(CN4C(=O)C=CC4=O)ccc3c2n1Cc1cc(OP(=O)(O)O)ccc1OP(=O)(O)O. The molecule has 0 saturated heterocycles. The zero-order chi connectivity index (χ0) is 31.1. The first-order chi connectivity index (χ1) is 20.2. The largest absolute Gasteiger partial charge is 0.524 e. The summed E-state index contributed by atoms with van der Waals surface area (Å²) in [6, 6.07) is 8.65. The number of aromatic nitrogens is 3. The van der Waals surface area contributed by atoms with Gasteiger partial charge in [-0.2, -0.15) is 0 Å². The van der Waals surface area contributed by atoms with Gasteiger partial charge in [0.15, 0.2) is 5.82 Å². The molecule has 2 aromatic carbocycles. The Morgan fingerprint density at radius 3 is 2.26 bits per heavy atom. The van der Waals surface area contributed by atoms with Crippen LogP contribution < -0.4 is 14.8 Å². The highest BCUT2D eigenvalue weighted by Crippen LogP contribution is 2.43. The van der Waals surface area contributed by atoms with Crippen LogP contribution in [0, 0.1) is 0 Å². The number of benzene rings is 2. The minimum absolute atomic E-state index is 0.0245. The number of fused-ring (bicyclic) bond motifs is 3. The fourth-order valence-electron chi connectivity index (χ4n) is 4.83. The average Bonchev–Trinajstić information content (AvgIpc) is 3.42. The van der Waals surface area contributed by atoms with Crippen molar-refractivity contribution in [1.82, 2.24) is 19.4 Å². The van der Waals surface area contributed by atoms with Crippen LogP contribution in [0.2, 0.25) is 0 Å². The number of nitrogens with zero attached hydrogens (tertiary/aromatic N) is 4. The highest BCUT2D eigenvalue weighted by molar-refractivity contribution is 7.47. The molecule has 0 spiro atoms. The number of anilines is 1. The highest BCUT2D eigenvalue weighted by atomic mass is 31.2. The molecule has 0 atom stereocenters. The number of pyridine rings is 1. The van der Waals surface area contributed by atoms with Crippen LogP contribution >= 0.6 is 15.6 Å². The van der Waals surface area contributed by atoms with Gasteiger partial charge in [0.25, 0.3) is 11.8 Å². The van der Waals surface area contributed by atoms with E-state index in [-0.39, 0.29) is 36.0 Å². The van der Waals surface area contributed by atoms with Gasteiger partial charge in [0.1, 0.15) is 22.8 Å². The Kier molecular flexibility index (Phi) is 8.14. The van der Waals surface area contributed by atoms with Crippen LogP contribution in [0.25, 0.3) is 21.9 Å². The van der Waals surface area contributed by atoms with E-state index in [1.807, 2.05) is 6.92 Å². The normalized spacial score (nSPS) is 13.9. The highest BCUT2D eigenvalue weighted by Gasteiger charge is 2.26.